The number of carbonyl (C=O) groups excluding carboxylic acids is 1. The second-order valence-corrected chi connectivity index (χ2v) is 4.84. The molecular formula is C14H21N3O2. The SMILES string of the molecule is C[C@@H](NC(=O)COC1CCNCC1)c1cccnc1. The van der Waals surface area contributed by atoms with Crippen LogP contribution >= 0.6 is 0 Å². The molecule has 2 N–H and O–H groups in total. The monoisotopic (exact) mass is 263 g/mol. The summed E-state index contributed by atoms with van der Waals surface area (Å²) in [5.74, 6) is -0.0742. The molecule has 0 radical (unpaired) electrons. The van der Waals surface area contributed by atoms with Crippen LogP contribution in [-0.2, 0) is 9.53 Å². The number of nitrogens with zero attached hydrogens (tertiary/aromatic N) is 1. The molecule has 1 fully saturated rings. The van der Waals surface area contributed by atoms with E-state index in [-0.39, 0.29) is 24.7 Å². The molecule has 0 bridgehead atoms. The second-order valence-electron chi connectivity index (χ2n) is 4.84. The van der Waals surface area contributed by atoms with Gasteiger partial charge in [-0.05, 0) is 44.5 Å². The summed E-state index contributed by atoms with van der Waals surface area (Å²) in [4.78, 5) is 15.8. The Bertz CT molecular complexity index is 391. The maximum atomic E-state index is 11.8. The van der Waals surface area contributed by atoms with Gasteiger partial charge in [-0.3, -0.25) is 9.78 Å². The van der Waals surface area contributed by atoms with Crippen LogP contribution in [0.4, 0.5) is 0 Å². The van der Waals surface area contributed by atoms with E-state index >= 15 is 0 Å². The molecule has 1 aliphatic rings. The fourth-order valence-electron chi connectivity index (χ4n) is 2.15. The van der Waals surface area contributed by atoms with Crippen molar-refractivity contribution in [2.75, 3.05) is 19.7 Å². The Labute approximate surface area is 113 Å². The maximum absolute atomic E-state index is 11.8. The van der Waals surface area contributed by atoms with Crippen molar-refractivity contribution < 1.29 is 9.53 Å². The Morgan fingerprint density at radius 2 is 2.37 bits per heavy atom. The third-order valence-corrected chi connectivity index (χ3v) is 3.30. The van der Waals surface area contributed by atoms with Crippen molar-refractivity contribution in [1.29, 1.82) is 0 Å². The highest BCUT2D eigenvalue weighted by Gasteiger charge is 2.16. The minimum absolute atomic E-state index is 0.0437. The van der Waals surface area contributed by atoms with Gasteiger partial charge >= 0.3 is 0 Å². The van der Waals surface area contributed by atoms with E-state index in [1.165, 1.54) is 0 Å². The minimum Gasteiger partial charge on any atom is -0.368 e. The first-order valence-electron chi connectivity index (χ1n) is 6.77. The topological polar surface area (TPSA) is 63.2 Å². The fourth-order valence-corrected chi connectivity index (χ4v) is 2.15. The highest BCUT2D eigenvalue weighted by Crippen LogP contribution is 2.10. The number of hydrogen-bond donors (Lipinski definition) is 2. The molecule has 0 saturated carbocycles. The van der Waals surface area contributed by atoms with Crippen molar-refractivity contribution >= 4 is 5.91 Å². The number of nitrogens with one attached hydrogen (secondary N) is 2. The Morgan fingerprint density at radius 1 is 1.58 bits per heavy atom. The summed E-state index contributed by atoms with van der Waals surface area (Å²) >= 11 is 0. The molecule has 1 saturated heterocycles. The van der Waals surface area contributed by atoms with E-state index in [2.05, 4.69) is 15.6 Å². The van der Waals surface area contributed by atoms with Crippen LogP contribution in [0.3, 0.4) is 0 Å². The number of piperidine rings is 1. The number of rotatable bonds is 5. The van der Waals surface area contributed by atoms with Crippen molar-refractivity contribution in [1.82, 2.24) is 15.6 Å². The lowest BCUT2D eigenvalue weighted by atomic mass is 10.1. The van der Waals surface area contributed by atoms with Crippen LogP contribution in [-0.4, -0.2) is 36.7 Å². The largest absolute Gasteiger partial charge is 0.368 e. The van der Waals surface area contributed by atoms with Gasteiger partial charge in [0, 0.05) is 12.4 Å². The molecule has 2 heterocycles. The molecule has 1 aliphatic heterocycles. The summed E-state index contributed by atoms with van der Waals surface area (Å²) in [5.41, 5.74) is 0.998. The number of ether oxygens (including phenoxy) is 1. The van der Waals surface area contributed by atoms with E-state index in [1.54, 1.807) is 12.4 Å². The van der Waals surface area contributed by atoms with Crippen LogP contribution in [0, 0.1) is 0 Å². The van der Waals surface area contributed by atoms with Crippen LogP contribution < -0.4 is 10.6 Å². The van der Waals surface area contributed by atoms with Crippen LogP contribution in [0.25, 0.3) is 0 Å². The van der Waals surface area contributed by atoms with Gasteiger partial charge in [-0.25, -0.2) is 0 Å². The summed E-state index contributed by atoms with van der Waals surface area (Å²) < 4.78 is 5.61. The average molecular weight is 263 g/mol. The van der Waals surface area contributed by atoms with Crippen molar-refractivity contribution in [3.05, 3.63) is 30.1 Å². The molecular weight excluding hydrogens is 242 g/mol. The first-order chi connectivity index (χ1) is 9.25. The zero-order valence-corrected chi connectivity index (χ0v) is 11.3. The lowest BCUT2D eigenvalue weighted by Crippen LogP contribution is -2.36. The van der Waals surface area contributed by atoms with Crippen molar-refractivity contribution in [2.45, 2.75) is 31.9 Å². The zero-order valence-electron chi connectivity index (χ0n) is 11.3. The predicted molar refractivity (Wildman–Crippen MR) is 72.6 cm³/mol. The lowest BCUT2D eigenvalue weighted by Gasteiger charge is -2.23. The molecule has 19 heavy (non-hydrogen) atoms. The highest BCUT2D eigenvalue weighted by atomic mass is 16.5. The van der Waals surface area contributed by atoms with Crippen LogP contribution in [0.15, 0.2) is 24.5 Å². The van der Waals surface area contributed by atoms with Crippen molar-refractivity contribution in [3.8, 4) is 0 Å². The van der Waals surface area contributed by atoms with E-state index in [1.807, 2.05) is 19.1 Å². The van der Waals surface area contributed by atoms with Gasteiger partial charge in [-0.15, -0.1) is 0 Å². The molecule has 5 heteroatoms. The molecule has 2 rings (SSSR count). The molecule has 0 aliphatic carbocycles. The smallest absolute Gasteiger partial charge is 0.246 e. The molecule has 0 aromatic carbocycles. The lowest BCUT2D eigenvalue weighted by molar-refractivity contribution is -0.128. The van der Waals surface area contributed by atoms with E-state index < -0.39 is 0 Å². The van der Waals surface area contributed by atoms with E-state index in [0.717, 1.165) is 31.5 Å². The number of pyridine rings is 1. The Balaban J connectivity index is 1.71. The Hall–Kier alpha value is -1.46. The van der Waals surface area contributed by atoms with Gasteiger partial charge in [0.2, 0.25) is 5.91 Å². The molecule has 104 valence electrons. The van der Waals surface area contributed by atoms with E-state index in [4.69, 9.17) is 4.74 Å². The summed E-state index contributed by atoms with van der Waals surface area (Å²) in [6.07, 6.45) is 5.65. The number of carbonyl (C=O) groups is 1. The molecule has 0 unspecified atom stereocenters. The van der Waals surface area contributed by atoms with Gasteiger partial charge in [0.15, 0.2) is 0 Å². The normalized spacial score (nSPS) is 17.9. The summed E-state index contributed by atoms with van der Waals surface area (Å²) in [6.45, 7) is 4.02. The van der Waals surface area contributed by atoms with Gasteiger partial charge < -0.3 is 15.4 Å². The predicted octanol–water partition coefficient (Wildman–Crippen LogP) is 1.03. The average Bonchev–Trinajstić information content (AvgIpc) is 2.47. The molecule has 1 aromatic heterocycles. The molecule has 5 nitrogen and oxygen atoms in total. The Kier molecular flexibility index (Phi) is 5.30. The third kappa shape index (κ3) is 4.61. The van der Waals surface area contributed by atoms with Crippen LogP contribution in [0.5, 0.6) is 0 Å². The minimum atomic E-state index is -0.0742. The maximum Gasteiger partial charge on any atom is 0.246 e. The molecule has 1 aromatic rings. The van der Waals surface area contributed by atoms with Gasteiger partial charge in [-0.1, -0.05) is 6.07 Å². The van der Waals surface area contributed by atoms with Gasteiger partial charge in [-0.2, -0.15) is 0 Å². The standard InChI is InChI=1S/C14H21N3O2/c1-11(12-3-2-6-16-9-12)17-14(18)10-19-13-4-7-15-8-5-13/h2-3,6,9,11,13,15H,4-5,7-8,10H2,1H3,(H,17,18)/t11-/m1/s1. The first-order valence-corrected chi connectivity index (χ1v) is 6.77. The van der Waals surface area contributed by atoms with E-state index in [9.17, 15) is 4.79 Å². The Morgan fingerprint density at radius 3 is 3.05 bits per heavy atom. The summed E-state index contributed by atoms with van der Waals surface area (Å²) in [7, 11) is 0. The summed E-state index contributed by atoms with van der Waals surface area (Å²) in [5, 5.41) is 6.18. The van der Waals surface area contributed by atoms with Gasteiger partial charge in [0.1, 0.15) is 6.61 Å². The third-order valence-electron chi connectivity index (χ3n) is 3.30. The van der Waals surface area contributed by atoms with Crippen molar-refractivity contribution in [2.24, 2.45) is 0 Å². The zero-order chi connectivity index (χ0) is 13.5. The molecule has 1 atom stereocenters. The van der Waals surface area contributed by atoms with E-state index in [0.29, 0.717) is 0 Å². The number of hydrogen-bond acceptors (Lipinski definition) is 4. The van der Waals surface area contributed by atoms with Gasteiger partial charge in [0.05, 0.1) is 12.1 Å². The highest BCUT2D eigenvalue weighted by molar-refractivity contribution is 5.77. The molecule has 1 amide bonds. The quantitative estimate of drug-likeness (QED) is 0.833. The van der Waals surface area contributed by atoms with Crippen LogP contribution in [0.1, 0.15) is 31.4 Å². The fraction of sp³-hybridized carbons (Fsp3) is 0.571. The summed E-state index contributed by atoms with van der Waals surface area (Å²) in [6, 6.07) is 3.77. The van der Waals surface area contributed by atoms with Crippen molar-refractivity contribution in [3.63, 3.8) is 0 Å². The van der Waals surface area contributed by atoms with Gasteiger partial charge in [0.25, 0.3) is 0 Å². The number of amides is 1. The first kappa shape index (κ1) is 14.0. The van der Waals surface area contributed by atoms with Crippen LogP contribution in [0.2, 0.25) is 0 Å². The number of aromatic nitrogens is 1. The molecule has 0 spiro atoms. The second kappa shape index (κ2) is 7.21.